The molecule has 0 spiro atoms. The number of aryl methyl sites for hydroxylation is 1. The van der Waals surface area contributed by atoms with Crippen molar-refractivity contribution in [1.82, 2.24) is 19.3 Å². The van der Waals surface area contributed by atoms with Crippen LogP contribution >= 0.6 is 0 Å². The number of hydrogen-bond acceptors (Lipinski definition) is 3. The second-order valence-electron chi connectivity index (χ2n) is 5.82. The molecule has 0 aliphatic rings. The van der Waals surface area contributed by atoms with Gasteiger partial charge >= 0.3 is 12.1 Å². The van der Waals surface area contributed by atoms with Gasteiger partial charge in [-0.3, -0.25) is 9.25 Å². The van der Waals surface area contributed by atoms with Crippen molar-refractivity contribution in [3.63, 3.8) is 0 Å². The number of carboxylic acids is 1. The number of rotatable bonds is 2. The van der Waals surface area contributed by atoms with E-state index in [0.717, 1.165) is 12.1 Å². The van der Waals surface area contributed by atoms with E-state index in [9.17, 15) is 23.1 Å². The first-order chi connectivity index (χ1) is 12.3. The number of benzene rings is 1. The summed E-state index contributed by atoms with van der Waals surface area (Å²) in [5, 5.41) is 14.7. The molecule has 0 saturated carbocycles. The highest BCUT2D eigenvalue weighted by Crippen LogP contribution is 2.33. The first-order valence-corrected chi connectivity index (χ1v) is 7.50. The monoisotopic (exact) mass is 360 g/mol. The van der Waals surface area contributed by atoms with Crippen LogP contribution in [0.25, 0.3) is 27.8 Å². The van der Waals surface area contributed by atoms with E-state index in [1.165, 1.54) is 24.4 Å². The number of pyridine rings is 1. The minimum atomic E-state index is -4.42. The summed E-state index contributed by atoms with van der Waals surface area (Å²) in [7, 11) is 1.71. The molecule has 132 valence electrons. The molecule has 0 atom stereocenters. The molecule has 0 fully saturated rings. The molecule has 9 heteroatoms. The number of aromatic nitrogens is 4. The number of halogens is 3. The van der Waals surface area contributed by atoms with E-state index < -0.39 is 17.7 Å². The Morgan fingerprint density at radius 3 is 2.42 bits per heavy atom. The van der Waals surface area contributed by atoms with Crippen molar-refractivity contribution in [3.8, 4) is 5.69 Å². The van der Waals surface area contributed by atoms with Gasteiger partial charge in [0.15, 0.2) is 5.65 Å². The number of aromatic carboxylic acids is 1. The Balaban J connectivity index is 2.00. The molecular formula is C17H11F3N4O2. The molecule has 0 bridgehead atoms. The molecule has 1 aromatic carbocycles. The average molecular weight is 360 g/mol. The maximum absolute atomic E-state index is 12.8. The number of carboxylic acid groups (broad SMARTS) is 1. The molecule has 0 amide bonds. The van der Waals surface area contributed by atoms with Gasteiger partial charge in [-0.25, -0.2) is 9.78 Å². The topological polar surface area (TPSA) is 72.9 Å². The second kappa shape index (κ2) is 5.32. The van der Waals surface area contributed by atoms with E-state index >= 15 is 0 Å². The third-order valence-electron chi connectivity index (χ3n) is 4.09. The molecular weight excluding hydrogens is 349 g/mol. The van der Waals surface area contributed by atoms with Crippen molar-refractivity contribution in [3.05, 3.63) is 53.9 Å². The third kappa shape index (κ3) is 2.40. The molecule has 1 N–H and O–H groups in total. The van der Waals surface area contributed by atoms with Crippen molar-refractivity contribution in [2.24, 2.45) is 7.05 Å². The zero-order valence-electron chi connectivity index (χ0n) is 13.3. The lowest BCUT2D eigenvalue weighted by atomic mass is 10.2. The summed E-state index contributed by atoms with van der Waals surface area (Å²) in [6.07, 6.45) is -1.50. The summed E-state index contributed by atoms with van der Waals surface area (Å²) in [4.78, 5) is 15.4. The van der Waals surface area contributed by atoms with Crippen LogP contribution in [0.2, 0.25) is 0 Å². The second-order valence-corrected chi connectivity index (χ2v) is 5.82. The van der Waals surface area contributed by atoms with Gasteiger partial charge in [0.1, 0.15) is 5.65 Å². The summed E-state index contributed by atoms with van der Waals surface area (Å²) in [6.45, 7) is 0. The lowest BCUT2D eigenvalue weighted by molar-refractivity contribution is -0.137. The molecule has 0 saturated heterocycles. The van der Waals surface area contributed by atoms with Crippen LogP contribution in [0.5, 0.6) is 0 Å². The smallest absolute Gasteiger partial charge is 0.416 e. The maximum atomic E-state index is 12.8. The standard InChI is InChI=1S/C17H11F3N4O2/c1-23-8-13-12-6-9(16(25)26)7-21-14(12)24(15(13)22-23)11-4-2-10(3-5-11)17(18,19)20/h2-8H,1H3,(H,25,26). The summed E-state index contributed by atoms with van der Waals surface area (Å²) in [6, 6.07) is 6.13. The van der Waals surface area contributed by atoms with Crippen molar-refractivity contribution in [2.75, 3.05) is 0 Å². The highest BCUT2D eigenvalue weighted by atomic mass is 19.4. The van der Waals surface area contributed by atoms with Gasteiger partial charge in [-0.15, -0.1) is 0 Å². The molecule has 0 aliphatic heterocycles. The van der Waals surface area contributed by atoms with Crippen LogP contribution in [0.1, 0.15) is 15.9 Å². The Hall–Kier alpha value is -3.36. The van der Waals surface area contributed by atoms with Gasteiger partial charge in [0.25, 0.3) is 0 Å². The number of hydrogen-bond donors (Lipinski definition) is 1. The Bertz CT molecular complexity index is 1160. The van der Waals surface area contributed by atoms with Gasteiger partial charge < -0.3 is 5.11 Å². The maximum Gasteiger partial charge on any atom is 0.416 e. The quantitative estimate of drug-likeness (QED) is 0.592. The van der Waals surface area contributed by atoms with Gasteiger partial charge in [0.05, 0.1) is 11.1 Å². The first-order valence-electron chi connectivity index (χ1n) is 7.50. The lowest BCUT2D eigenvalue weighted by Gasteiger charge is -2.09. The normalized spacial score (nSPS) is 12.2. The van der Waals surface area contributed by atoms with E-state index in [4.69, 9.17) is 0 Å². The number of fused-ring (bicyclic) bond motifs is 3. The molecule has 4 rings (SSSR count). The zero-order valence-corrected chi connectivity index (χ0v) is 13.3. The molecule has 3 heterocycles. The van der Waals surface area contributed by atoms with E-state index in [1.807, 2.05) is 0 Å². The van der Waals surface area contributed by atoms with Crippen LogP contribution in [-0.2, 0) is 13.2 Å². The largest absolute Gasteiger partial charge is 0.478 e. The SMILES string of the molecule is Cn1cc2c3cc(C(=O)O)cnc3n(-c3ccc(C(F)(F)F)cc3)c2n1. The number of alkyl halides is 3. The average Bonchev–Trinajstić information content (AvgIpc) is 3.08. The van der Waals surface area contributed by atoms with Crippen LogP contribution in [0.4, 0.5) is 13.2 Å². The van der Waals surface area contributed by atoms with E-state index in [-0.39, 0.29) is 5.56 Å². The van der Waals surface area contributed by atoms with E-state index in [2.05, 4.69) is 10.1 Å². The fourth-order valence-electron chi connectivity index (χ4n) is 2.93. The Kier molecular flexibility index (Phi) is 3.30. The molecule has 4 aromatic rings. The Morgan fingerprint density at radius 2 is 1.81 bits per heavy atom. The van der Waals surface area contributed by atoms with Crippen LogP contribution in [0.3, 0.4) is 0 Å². The molecule has 6 nitrogen and oxygen atoms in total. The third-order valence-corrected chi connectivity index (χ3v) is 4.09. The van der Waals surface area contributed by atoms with Gasteiger partial charge in [0, 0.05) is 35.9 Å². The number of carbonyl (C=O) groups is 1. The summed E-state index contributed by atoms with van der Waals surface area (Å²) >= 11 is 0. The lowest BCUT2D eigenvalue weighted by Crippen LogP contribution is -2.05. The van der Waals surface area contributed by atoms with Crippen molar-refractivity contribution < 1.29 is 23.1 Å². The molecule has 26 heavy (non-hydrogen) atoms. The van der Waals surface area contributed by atoms with Crippen molar-refractivity contribution >= 4 is 28.0 Å². The predicted molar refractivity (Wildman–Crippen MR) is 87.3 cm³/mol. The van der Waals surface area contributed by atoms with Gasteiger partial charge in [-0.05, 0) is 30.3 Å². The van der Waals surface area contributed by atoms with Gasteiger partial charge in [0.2, 0.25) is 0 Å². The summed E-state index contributed by atoms with van der Waals surface area (Å²) in [5.74, 6) is -1.11. The van der Waals surface area contributed by atoms with Crippen molar-refractivity contribution in [2.45, 2.75) is 6.18 Å². The molecule has 0 aliphatic carbocycles. The highest BCUT2D eigenvalue weighted by Gasteiger charge is 2.30. The van der Waals surface area contributed by atoms with Crippen LogP contribution < -0.4 is 0 Å². The number of nitrogens with zero attached hydrogens (tertiary/aromatic N) is 4. The van der Waals surface area contributed by atoms with Crippen LogP contribution in [0, 0.1) is 0 Å². The summed E-state index contributed by atoms with van der Waals surface area (Å²) in [5.41, 5.74) is 0.626. The van der Waals surface area contributed by atoms with E-state index in [1.54, 1.807) is 22.5 Å². The minimum Gasteiger partial charge on any atom is -0.478 e. The fourth-order valence-corrected chi connectivity index (χ4v) is 2.93. The van der Waals surface area contributed by atoms with Crippen LogP contribution in [-0.4, -0.2) is 30.4 Å². The Morgan fingerprint density at radius 1 is 1.12 bits per heavy atom. The molecule has 0 radical (unpaired) electrons. The predicted octanol–water partition coefficient (Wildman–Crippen LogP) is 3.63. The zero-order chi connectivity index (χ0) is 18.6. The van der Waals surface area contributed by atoms with Gasteiger partial charge in [-0.1, -0.05) is 0 Å². The van der Waals surface area contributed by atoms with Crippen molar-refractivity contribution in [1.29, 1.82) is 0 Å². The molecule has 3 aromatic heterocycles. The Labute approximate surface area is 144 Å². The fraction of sp³-hybridized carbons (Fsp3) is 0.118. The minimum absolute atomic E-state index is 0.0211. The first kappa shape index (κ1) is 16.1. The van der Waals surface area contributed by atoms with E-state index in [0.29, 0.717) is 27.8 Å². The molecule has 0 unspecified atom stereocenters. The van der Waals surface area contributed by atoms with Gasteiger partial charge in [-0.2, -0.15) is 18.3 Å². The highest BCUT2D eigenvalue weighted by molar-refractivity contribution is 6.08. The summed E-state index contributed by atoms with van der Waals surface area (Å²) < 4.78 is 41.6. The van der Waals surface area contributed by atoms with Crippen LogP contribution in [0.15, 0.2) is 42.7 Å².